The second kappa shape index (κ2) is 3.02. The Labute approximate surface area is 62.4 Å². The van der Waals surface area contributed by atoms with Gasteiger partial charge in [-0.3, -0.25) is 0 Å². The summed E-state index contributed by atoms with van der Waals surface area (Å²) in [5, 5.41) is 0. The van der Waals surface area contributed by atoms with Gasteiger partial charge in [-0.05, 0) is 18.9 Å². The zero-order valence-electron chi connectivity index (χ0n) is 6.63. The fourth-order valence-corrected chi connectivity index (χ4v) is 0.937. The minimum Gasteiger partial charge on any atom is -0.360 e. The first-order chi connectivity index (χ1) is 4.75. The van der Waals surface area contributed by atoms with E-state index >= 15 is 0 Å². The summed E-state index contributed by atoms with van der Waals surface area (Å²) in [6, 6.07) is 0. The van der Waals surface area contributed by atoms with Gasteiger partial charge in [-0.15, -0.1) is 0 Å². The van der Waals surface area contributed by atoms with E-state index in [-0.39, 0.29) is 0 Å². The van der Waals surface area contributed by atoms with E-state index in [0.29, 0.717) is 12.2 Å². The van der Waals surface area contributed by atoms with E-state index in [1.807, 2.05) is 6.92 Å². The molecule has 1 rings (SSSR count). The molecule has 1 aliphatic rings. The zero-order chi connectivity index (χ0) is 7.56. The van der Waals surface area contributed by atoms with Gasteiger partial charge in [0.05, 0.1) is 0 Å². The van der Waals surface area contributed by atoms with Crippen molar-refractivity contribution in [2.75, 3.05) is 0 Å². The van der Waals surface area contributed by atoms with Gasteiger partial charge in [-0.25, -0.2) is 0 Å². The van der Waals surface area contributed by atoms with Crippen molar-refractivity contribution in [2.45, 2.75) is 32.5 Å². The van der Waals surface area contributed by atoms with Crippen molar-refractivity contribution in [2.24, 2.45) is 0 Å². The quantitative estimate of drug-likeness (QED) is 0.430. The van der Waals surface area contributed by atoms with Crippen LogP contribution < -0.4 is 0 Å². The Morgan fingerprint density at radius 1 is 1.70 bits per heavy atom. The second-order valence-corrected chi connectivity index (χ2v) is 2.70. The molecule has 0 aliphatic carbocycles. The van der Waals surface area contributed by atoms with Crippen molar-refractivity contribution >= 4 is 0 Å². The smallest absolute Gasteiger partial charge is 0.109 e. The molecule has 0 bridgehead atoms. The molecule has 2 atom stereocenters. The van der Waals surface area contributed by atoms with E-state index in [0.717, 1.165) is 12.0 Å². The Morgan fingerprint density at radius 3 is 2.80 bits per heavy atom. The van der Waals surface area contributed by atoms with E-state index in [4.69, 9.17) is 4.74 Å². The Balaban J connectivity index is 2.25. The van der Waals surface area contributed by atoms with Crippen LogP contribution in [0.1, 0.15) is 20.3 Å². The average Bonchev–Trinajstić information content (AvgIpc) is 2.62. The molecule has 0 aromatic carbocycles. The highest BCUT2D eigenvalue weighted by Crippen LogP contribution is 2.28. The summed E-state index contributed by atoms with van der Waals surface area (Å²) in [6.07, 6.45) is 5.97. The maximum atomic E-state index is 5.29. The van der Waals surface area contributed by atoms with Crippen LogP contribution in [0.2, 0.25) is 0 Å². The van der Waals surface area contributed by atoms with Crippen molar-refractivity contribution < 1.29 is 4.74 Å². The summed E-state index contributed by atoms with van der Waals surface area (Å²) in [7, 11) is 0. The Bertz CT molecular complexity index is 158. The van der Waals surface area contributed by atoms with E-state index in [9.17, 15) is 0 Å². The molecule has 1 heteroatoms. The van der Waals surface area contributed by atoms with Gasteiger partial charge < -0.3 is 4.74 Å². The van der Waals surface area contributed by atoms with Crippen molar-refractivity contribution in [1.29, 1.82) is 0 Å². The number of ether oxygens (including phenoxy) is 1. The molecule has 1 heterocycles. The zero-order valence-corrected chi connectivity index (χ0v) is 6.63. The van der Waals surface area contributed by atoms with E-state index < -0.39 is 0 Å². The number of epoxide rings is 1. The molecule has 1 saturated heterocycles. The van der Waals surface area contributed by atoms with Crippen LogP contribution in [-0.4, -0.2) is 12.2 Å². The predicted molar refractivity (Wildman–Crippen MR) is 42.9 cm³/mol. The van der Waals surface area contributed by atoms with Crippen molar-refractivity contribution in [3.8, 4) is 0 Å². The molecule has 0 aromatic heterocycles. The summed E-state index contributed by atoms with van der Waals surface area (Å²) in [5.74, 6) is 0. The molecule has 0 saturated carbocycles. The van der Waals surface area contributed by atoms with Crippen LogP contribution in [0, 0.1) is 0 Å². The first-order valence-electron chi connectivity index (χ1n) is 3.73. The van der Waals surface area contributed by atoms with E-state index in [1.165, 1.54) is 0 Å². The number of rotatable bonds is 3. The van der Waals surface area contributed by atoms with Gasteiger partial charge >= 0.3 is 0 Å². The Morgan fingerprint density at radius 2 is 2.40 bits per heavy atom. The maximum Gasteiger partial charge on any atom is 0.109 e. The number of allylic oxidation sites excluding steroid dienone is 1. The molecule has 0 radical (unpaired) electrons. The van der Waals surface area contributed by atoms with Crippen LogP contribution in [0.4, 0.5) is 0 Å². The minimum absolute atomic E-state index is 0.308. The van der Waals surface area contributed by atoms with Gasteiger partial charge in [0, 0.05) is 0 Å². The number of hydrogen-bond donors (Lipinski definition) is 0. The van der Waals surface area contributed by atoms with E-state index in [1.54, 1.807) is 0 Å². The summed E-state index contributed by atoms with van der Waals surface area (Å²) < 4.78 is 5.29. The highest BCUT2D eigenvalue weighted by Gasteiger charge is 2.36. The van der Waals surface area contributed by atoms with Gasteiger partial charge in [0.1, 0.15) is 12.2 Å². The lowest BCUT2D eigenvalue weighted by Gasteiger charge is -1.84. The van der Waals surface area contributed by atoms with Gasteiger partial charge in [0.15, 0.2) is 0 Å². The van der Waals surface area contributed by atoms with E-state index in [2.05, 4.69) is 25.7 Å². The van der Waals surface area contributed by atoms with Crippen LogP contribution in [-0.2, 0) is 4.74 Å². The van der Waals surface area contributed by atoms with Crippen LogP contribution >= 0.6 is 0 Å². The standard InChI is InChI=1S/C9H14O/c1-4-5-6-8-9(10-8)7(2)3/h5-6,8-9H,2,4H2,1,3H3. The second-order valence-electron chi connectivity index (χ2n) is 2.70. The molecule has 1 aliphatic heterocycles. The molecule has 0 aromatic rings. The molecule has 1 fully saturated rings. The first kappa shape index (κ1) is 7.55. The van der Waals surface area contributed by atoms with Gasteiger partial charge in [-0.2, -0.15) is 0 Å². The summed E-state index contributed by atoms with van der Waals surface area (Å²) in [4.78, 5) is 0. The number of hydrogen-bond acceptors (Lipinski definition) is 1. The van der Waals surface area contributed by atoms with Gasteiger partial charge in [0.2, 0.25) is 0 Å². The Kier molecular flexibility index (Phi) is 2.28. The average molecular weight is 138 g/mol. The third kappa shape index (κ3) is 1.71. The first-order valence-corrected chi connectivity index (χ1v) is 3.73. The van der Waals surface area contributed by atoms with Crippen LogP contribution in [0.25, 0.3) is 0 Å². The van der Waals surface area contributed by atoms with Crippen molar-refractivity contribution in [3.63, 3.8) is 0 Å². The molecular formula is C9H14O. The fraction of sp³-hybridized carbons (Fsp3) is 0.556. The topological polar surface area (TPSA) is 12.5 Å². The van der Waals surface area contributed by atoms with Crippen LogP contribution in [0.5, 0.6) is 0 Å². The van der Waals surface area contributed by atoms with Gasteiger partial charge in [0.25, 0.3) is 0 Å². The summed E-state index contributed by atoms with van der Waals surface area (Å²) in [6.45, 7) is 7.94. The molecule has 0 spiro atoms. The highest BCUT2D eigenvalue weighted by atomic mass is 16.6. The molecule has 1 nitrogen and oxygen atoms in total. The molecule has 0 amide bonds. The molecular weight excluding hydrogens is 124 g/mol. The normalized spacial score (nSPS) is 31.0. The fourth-order valence-electron chi connectivity index (χ4n) is 0.937. The lowest BCUT2D eigenvalue weighted by molar-refractivity contribution is 0.407. The highest BCUT2D eigenvalue weighted by molar-refractivity contribution is 5.16. The maximum absolute atomic E-state index is 5.29. The third-order valence-corrected chi connectivity index (χ3v) is 1.57. The summed E-state index contributed by atoms with van der Waals surface area (Å²) >= 11 is 0. The minimum atomic E-state index is 0.308. The van der Waals surface area contributed by atoms with Crippen LogP contribution in [0.15, 0.2) is 24.3 Å². The molecule has 2 unspecified atom stereocenters. The molecule has 0 N–H and O–H groups in total. The molecule has 56 valence electrons. The largest absolute Gasteiger partial charge is 0.360 e. The lowest BCUT2D eigenvalue weighted by atomic mass is 10.2. The SMILES string of the molecule is C=C(C)C1OC1C=CCC. The van der Waals surface area contributed by atoms with Crippen molar-refractivity contribution in [3.05, 3.63) is 24.3 Å². The predicted octanol–water partition coefficient (Wildman–Crippen LogP) is 2.30. The monoisotopic (exact) mass is 138 g/mol. The third-order valence-electron chi connectivity index (χ3n) is 1.57. The van der Waals surface area contributed by atoms with Crippen molar-refractivity contribution in [1.82, 2.24) is 0 Å². The molecule has 10 heavy (non-hydrogen) atoms. The lowest BCUT2D eigenvalue weighted by Crippen LogP contribution is -1.89. The van der Waals surface area contributed by atoms with Crippen LogP contribution in [0.3, 0.4) is 0 Å². The Hall–Kier alpha value is -0.560. The summed E-state index contributed by atoms with van der Waals surface area (Å²) in [5.41, 5.74) is 1.13. The van der Waals surface area contributed by atoms with Gasteiger partial charge in [-0.1, -0.05) is 25.7 Å².